The van der Waals surface area contributed by atoms with Crippen molar-refractivity contribution in [2.45, 2.75) is 0 Å². The van der Waals surface area contributed by atoms with Crippen molar-refractivity contribution in [3.8, 4) is 67.4 Å². The maximum Gasteiger partial charge on any atom is 0.160 e. The minimum Gasteiger partial charge on any atom is -0.256 e. The maximum absolute atomic E-state index is 5.23. The first-order chi connectivity index (χ1) is 24.8. The Bertz CT molecular complexity index is 2570. The number of aromatic nitrogens is 3. The predicted molar refractivity (Wildman–Crippen MR) is 207 cm³/mol. The van der Waals surface area contributed by atoms with Gasteiger partial charge in [0.2, 0.25) is 0 Å². The molecule has 0 radical (unpaired) electrons. The molecule has 0 saturated carbocycles. The van der Waals surface area contributed by atoms with Crippen LogP contribution in [0.2, 0.25) is 0 Å². The van der Waals surface area contributed by atoms with Crippen molar-refractivity contribution >= 4 is 21.5 Å². The molecule has 0 aliphatic carbocycles. The minimum absolute atomic E-state index is 0.675. The van der Waals surface area contributed by atoms with E-state index in [1.165, 1.54) is 21.5 Å². The highest BCUT2D eigenvalue weighted by Crippen LogP contribution is 2.39. The number of rotatable bonds is 6. The Hall–Kier alpha value is -6.71. The Morgan fingerprint density at radius 3 is 1.52 bits per heavy atom. The molecular weight excluding hydrogens is 607 g/mol. The molecule has 0 aliphatic heterocycles. The summed E-state index contributed by atoms with van der Waals surface area (Å²) in [6.07, 6.45) is 1.85. The molecule has 0 saturated heterocycles. The first kappa shape index (κ1) is 29.4. The Morgan fingerprint density at radius 2 is 0.840 bits per heavy atom. The molecule has 0 bridgehead atoms. The van der Waals surface area contributed by atoms with Gasteiger partial charge in [-0.2, -0.15) is 0 Å². The van der Waals surface area contributed by atoms with Gasteiger partial charge in [0.1, 0.15) is 0 Å². The second-order valence-corrected chi connectivity index (χ2v) is 12.5. The van der Waals surface area contributed by atoms with E-state index in [0.29, 0.717) is 5.82 Å². The lowest BCUT2D eigenvalue weighted by atomic mass is 9.90. The third-order valence-electron chi connectivity index (χ3n) is 9.29. The maximum atomic E-state index is 5.23. The van der Waals surface area contributed by atoms with E-state index in [1.807, 2.05) is 30.5 Å². The fourth-order valence-electron chi connectivity index (χ4n) is 6.86. The Balaban J connectivity index is 1.32. The lowest BCUT2D eigenvalue weighted by molar-refractivity contribution is 1.18. The monoisotopic (exact) mass is 637 g/mol. The van der Waals surface area contributed by atoms with Gasteiger partial charge in [0.15, 0.2) is 5.82 Å². The number of nitrogens with zero attached hydrogens (tertiary/aromatic N) is 3. The number of benzene rings is 7. The molecule has 2 heterocycles. The molecule has 50 heavy (non-hydrogen) atoms. The Kier molecular flexibility index (Phi) is 7.49. The molecule has 0 aliphatic rings. The fourth-order valence-corrected chi connectivity index (χ4v) is 6.86. The van der Waals surface area contributed by atoms with Gasteiger partial charge in [-0.1, -0.05) is 133 Å². The summed E-state index contributed by atoms with van der Waals surface area (Å²) in [5, 5.41) is 4.86. The molecule has 234 valence electrons. The topological polar surface area (TPSA) is 38.7 Å². The van der Waals surface area contributed by atoms with Crippen LogP contribution in [-0.4, -0.2) is 15.0 Å². The van der Waals surface area contributed by atoms with Crippen LogP contribution in [0.1, 0.15) is 0 Å². The summed E-state index contributed by atoms with van der Waals surface area (Å²) in [4.78, 5) is 15.2. The average molecular weight is 638 g/mol. The van der Waals surface area contributed by atoms with Gasteiger partial charge in [0.25, 0.3) is 0 Å². The molecule has 3 heteroatoms. The lowest BCUT2D eigenvalue weighted by Gasteiger charge is -2.16. The van der Waals surface area contributed by atoms with Crippen molar-refractivity contribution in [2.24, 2.45) is 0 Å². The lowest BCUT2D eigenvalue weighted by Crippen LogP contribution is -1.97. The van der Waals surface area contributed by atoms with Crippen LogP contribution in [0, 0.1) is 0 Å². The summed E-state index contributed by atoms with van der Waals surface area (Å²) >= 11 is 0. The van der Waals surface area contributed by atoms with Crippen molar-refractivity contribution in [3.05, 3.63) is 188 Å². The van der Waals surface area contributed by atoms with E-state index < -0.39 is 0 Å². The average Bonchev–Trinajstić information content (AvgIpc) is 3.20. The van der Waals surface area contributed by atoms with Gasteiger partial charge >= 0.3 is 0 Å². The zero-order valence-corrected chi connectivity index (χ0v) is 27.2. The second kappa shape index (κ2) is 12.7. The summed E-state index contributed by atoms with van der Waals surface area (Å²) in [5.74, 6) is 0.675. The summed E-state index contributed by atoms with van der Waals surface area (Å²) in [7, 11) is 0. The molecule has 9 aromatic rings. The highest BCUT2D eigenvalue weighted by molar-refractivity contribution is 6.05. The third-order valence-corrected chi connectivity index (χ3v) is 9.29. The van der Waals surface area contributed by atoms with E-state index in [9.17, 15) is 0 Å². The van der Waals surface area contributed by atoms with Crippen LogP contribution >= 0.6 is 0 Å². The van der Waals surface area contributed by atoms with Crippen molar-refractivity contribution in [1.82, 2.24) is 15.0 Å². The van der Waals surface area contributed by atoms with Crippen molar-refractivity contribution in [1.29, 1.82) is 0 Å². The van der Waals surface area contributed by atoms with Gasteiger partial charge in [-0.05, 0) is 92.3 Å². The molecule has 9 rings (SSSR count). The number of fused-ring (bicyclic) bond motifs is 2. The summed E-state index contributed by atoms with van der Waals surface area (Å²) < 4.78 is 0. The quantitative estimate of drug-likeness (QED) is 0.170. The van der Waals surface area contributed by atoms with E-state index in [0.717, 1.165) is 61.6 Å². The van der Waals surface area contributed by atoms with E-state index in [2.05, 4.69) is 158 Å². The predicted octanol–water partition coefficient (Wildman–Crippen LogP) is 12.2. The van der Waals surface area contributed by atoms with Crippen molar-refractivity contribution in [3.63, 3.8) is 0 Å². The first-order valence-corrected chi connectivity index (χ1v) is 16.8. The van der Waals surface area contributed by atoms with E-state index >= 15 is 0 Å². The largest absolute Gasteiger partial charge is 0.256 e. The van der Waals surface area contributed by atoms with Crippen LogP contribution < -0.4 is 0 Å². The van der Waals surface area contributed by atoms with E-state index in [1.54, 1.807) is 0 Å². The zero-order valence-electron chi connectivity index (χ0n) is 27.2. The molecule has 0 amide bonds. The van der Waals surface area contributed by atoms with Crippen LogP contribution in [0.15, 0.2) is 188 Å². The van der Waals surface area contributed by atoms with Gasteiger partial charge < -0.3 is 0 Å². The number of hydrogen-bond donors (Lipinski definition) is 0. The molecule has 2 aromatic heterocycles. The third kappa shape index (κ3) is 5.61. The highest BCUT2D eigenvalue weighted by Gasteiger charge is 2.17. The van der Waals surface area contributed by atoms with Crippen LogP contribution in [-0.2, 0) is 0 Å². The SMILES string of the molecule is c1ccc(-c2cc(-c3ccccc3)nc(-c3cc(-c4ccccc4-c4ccccn4)cc(-c4cccc5cc6ccccc6cc45)c3)n2)cc1. The van der Waals surface area contributed by atoms with E-state index in [-0.39, 0.29) is 0 Å². The zero-order chi connectivity index (χ0) is 33.3. The van der Waals surface area contributed by atoms with Gasteiger partial charge in [0, 0.05) is 28.5 Å². The van der Waals surface area contributed by atoms with E-state index in [4.69, 9.17) is 15.0 Å². The normalized spacial score (nSPS) is 11.2. The van der Waals surface area contributed by atoms with Gasteiger partial charge in [-0.3, -0.25) is 4.98 Å². The molecule has 0 unspecified atom stereocenters. The summed E-state index contributed by atoms with van der Waals surface area (Å²) in [6, 6.07) is 63.8. The second-order valence-electron chi connectivity index (χ2n) is 12.5. The van der Waals surface area contributed by atoms with Crippen LogP contribution in [0.25, 0.3) is 89.0 Å². The van der Waals surface area contributed by atoms with Crippen molar-refractivity contribution in [2.75, 3.05) is 0 Å². The number of pyridine rings is 1. The standard InChI is InChI=1S/C47H31N3/c1-3-14-32(15-4-1)45-31-46(33-16-5-2-6-17-33)50-47(49-45)39-28-37(40-21-9-10-22-42(40)44-24-11-12-25-48-44)27-38(29-39)41-23-13-20-36-26-34-18-7-8-19-35(34)30-43(36)41/h1-31H. The molecule has 0 fully saturated rings. The van der Waals surface area contributed by atoms with Crippen molar-refractivity contribution < 1.29 is 0 Å². The molecular formula is C47H31N3. The van der Waals surface area contributed by atoms with Gasteiger partial charge in [-0.25, -0.2) is 9.97 Å². The Labute approximate surface area is 291 Å². The van der Waals surface area contributed by atoms with Gasteiger partial charge in [0.05, 0.1) is 17.1 Å². The molecule has 3 nitrogen and oxygen atoms in total. The smallest absolute Gasteiger partial charge is 0.160 e. The summed E-state index contributed by atoms with van der Waals surface area (Å²) in [5.41, 5.74) is 11.2. The molecule has 0 atom stereocenters. The molecule has 0 N–H and O–H groups in total. The highest BCUT2D eigenvalue weighted by atomic mass is 14.9. The molecule has 0 spiro atoms. The summed E-state index contributed by atoms with van der Waals surface area (Å²) in [6.45, 7) is 0. The van der Waals surface area contributed by atoms with Gasteiger partial charge in [-0.15, -0.1) is 0 Å². The Morgan fingerprint density at radius 1 is 0.300 bits per heavy atom. The van der Waals surface area contributed by atoms with Crippen LogP contribution in [0.4, 0.5) is 0 Å². The molecule has 7 aromatic carbocycles. The van der Waals surface area contributed by atoms with Crippen LogP contribution in [0.5, 0.6) is 0 Å². The van der Waals surface area contributed by atoms with Crippen LogP contribution in [0.3, 0.4) is 0 Å². The minimum atomic E-state index is 0.675. The number of hydrogen-bond acceptors (Lipinski definition) is 3. The first-order valence-electron chi connectivity index (χ1n) is 16.8. The fraction of sp³-hybridized carbons (Fsp3) is 0.